The molecule has 166 valence electrons. The summed E-state index contributed by atoms with van der Waals surface area (Å²) in [6.07, 6.45) is 1.56. The maximum absolute atomic E-state index is 13.5. The van der Waals surface area contributed by atoms with Crippen molar-refractivity contribution in [3.05, 3.63) is 92.4 Å². The molecule has 0 fully saturated rings. The van der Waals surface area contributed by atoms with Crippen molar-refractivity contribution in [2.75, 3.05) is 6.61 Å². The minimum atomic E-state index is -0.408. The van der Waals surface area contributed by atoms with E-state index in [9.17, 15) is 9.59 Å². The molecule has 1 atom stereocenters. The van der Waals surface area contributed by atoms with Crippen LogP contribution in [0.2, 0.25) is 0 Å². The van der Waals surface area contributed by atoms with E-state index in [4.69, 9.17) is 4.74 Å². The van der Waals surface area contributed by atoms with E-state index in [1.807, 2.05) is 55.6 Å². The number of fused-ring (bicyclic) bond motifs is 4. The van der Waals surface area contributed by atoms with Crippen LogP contribution in [-0.4, -0.2) is 25.3 Å². The van der Waals surface area contributed by atoms with E-state index in [0.717, 1.165) is 39.0 Å². The molecule has 0 bridgehead atoms. The molecule has 0 radical (unpaired) electrons. The van der Waals surface area contributed by atoms with Gasteiger partial charge in [-0.05, 0) is 18.6 Å². The summed E-state index contributed by atoms with van der Waals surface area (Å²) < 4.78 is 11.3. The third-order valence-corrected chi connectivity index (χ3v) is 6.78. The van der Waals surface area contributed by atoms with E-state index < -0.39 is 6.10 Å². The third kappa shape index (κ3) is 2.72. The fourth-order valence-electron chi connectivity index (χ4n) is 5.14. The minimum Gasteiger partial charge on any atom is -0.365 e. The van der Waals surface area contributed by atoms with Crippen LogP contribution in [0, 0.1) is 6.92 Å². The molecule has 1 unspecified atom stereocenters. The van der Waals surface area contributed by atoms with Gasteiger partial charge in [-0.15, -0.1) is 0 Å². The van der Waals surface area contributed by atoms with Crippen molar-refractivity contribution in [1.82, 2.24) is 18.7 Å². The molecule has 2 aromatic carbocycles. The van der Waals surface area contributed by atoms with Gasteiger partial charge in [0.25, 0.3) is 5.56 Å². The smallest absolute Gasteiger partial charge is 0.331 e. The lowest BCUT2D eigenvalue weighted by Gasteiger charge is -2.27. The van der Waals surface area contributed by atoms with Gasteiger partial charge in [0.15, 0.2) is 0 Å². The number of hydrogen-bond acceptors (Lipinski definition) is 3. The summed E-state index contributed by atoms with van der Waals surface area (Å²) in [7, 11) is 3.26. The van der Waals surface area contributed by atoms with E-state index in [1.54, 1.807) is 11.6 Å². The Bertz CT molecular complexity index is 1660. The monoisotopic (exact) mass is 440 g/mol. The van der Waals surface area contributed by atoms with Gasteiger partial charge in [0, 0.05) is 43.3 Å². The zero-order valence-electron chi connectivity index (χ0n) is 18.8. The Morgan fingerprint density at radius 3 is 2.55 bits per heavy atom. The standard InChI is InChI=1S/C26H24N4O3/c1-15-8-10-16(11-9-15)21-20-22(28(2)26(32)29(3)25(20)31)23-24(33-13-12-30(21)23)18-14-27-19-7-5-4-6-17(18)19/h4-11,14,24,27H,12-13H2,1-3H3. The van der Waals surface area contributed by atoms with E-state index >= 15 is 0 Å². The predicted octanol–water partition coefficient (Wildman–Crippen LogP) is 3.62. The number of nitrogens with one attached hydrogen (secondary N) is 1. The SMILES string of the molecule is Cc1ccc(-c2c3c(=O)n(C)c(=O)n(C)c3c3n2CCOC3c2c[nH]c3ccccc23)cc1. The van der Waals surface area contributed by atoms with Crippen LogP contribution in [0.4, 0.5) is 0 Å². The van der Waals surface area contributed by atoms with Crippen LogP contribution in [0.1, 0.15) is 22.9 Å². The molecule has 0 amide bonds. The lowest BCUT2D eigenvalue weighted by molar-refractivity contribution is 0.0487. The van der Waals surface area contributed by atoms with E-state index in [2.05, 4.69) is 15.6 Å². The summed E-state index contributed by atoms with van der Waals surface area (Å²) in [5, 5.41) is 1.62. The van der Waals surface area contributed by atoms with Gasteiger partial charge in [0.2, 0.25) is 0 Å². The first-order valence-electron chi connectivity index (χ1n) is 11.0. The number of aryl methyl sites for hydroxylation is 2. The van der Waals surface area contributed by atoms with Crippen molar-refractivity contribution >= 4 is 21.8 Å². The van der Waals surface area contributed by atoms with Crippen LogP contribution >= 0.6 is 0 Å². The average Bonchev–Trinajstić information content (AvgIpc) is 3.41. The molecule has 0 saturated heterocycles. The van der Waals surface area contributed by atoms with Crippen molar-refractivity contribution < 1.29 is 4.74 Å². The number of H-pyrrole nitrogens is 1. The highest BCUT2D eigenvalue weighted by Gasteiger charge is 2.34. The summed E-state index contributed by atoms with van der Waals surface area (Å²) in [5.74, 6) is 0. The van der Waals surface area contributed by atoms with Crippen molar-refractivity contribution in [2.24, 2.45) is 14.1 Å². The van der Waals surface area contributed by atoms with E-state index in [0.29, 0.717) is 24.1 Å². The van der Waals surface area contributed by atoms with Gasteiger partial charge in [-0.2, -0.15) is 0 Å². The van der Waals surface area contributed by atoms with Crippen LogP contribution in [0.5, 0.6) is 0 Å². The highest BCUT2D eigenvalue weighted by Crippen LogP contribution is 2.42. The molecule has 1 aliphatic rings. The number of hydrogen-bond donors (Lipinski definition) is 1. The topological polar surface area (TPSA) is 73.9 Å². The van der Waals surface area contributed by atoms with Gasteiger partial charge in [0.05, 0.1) is 28.9 Å². The molecule has 1 N–H and O–H groups in total. The molecule has 0 saturated carbocycles. The van der Waals surface area contributed by atoms with Gasteiger partial charge in [-0.25, -0.2) is 4.79 Å². The van der Waals surface area contributed by atoms with Crippen molar-refractivity contribution in [2.45, 2.75) is 19.6 Å². The molecular weight excluding hydrogens is 416 g/mol. The quantitative estimate of drug-likeness (QED) is 0.456. The normalized spacial score (nSPS) is 15.9. The van der Waals surface area contributed by atoms with Crippen molar-refractivity contribution in [3.8, 4) is 11.3 Å². The molecule has 4 heterocycles. The van der Waals surface area contributed by atoms with E-state index in [-0.39, 0.29) is 11.2 Å². The predicted molar refractivity (Wildman–Crippen MR) is 129 cm³/mol. The van der Waals surface area contributed by atoms with Gasteiger partial charge in [-0.1, -0.05) is 48.0 Å². The molecular formula is C26H24N4O3. The third-order valence-electron chi connectivity index (χ3n) is 6.78. The number of ether oxygens (including phenoxy) is 1. The van der Waals surface area contributed by atoms with Crippen LogP contribution in [0.3, 0.4) is 0 Å². The zero-order valence-corrected chi connectivity index (χ0v) is 18.8. The summed E-state index contributed by atoms with van der Waals surface area (Å²) in [6.45, 7) is 3.15. The van der Waals surface area contributed by atoms with Crippen molar-refractivity contribution in [1.29, 1.82) is 0 Å². The maximum Gasteiger partial charge on any atom is 0.331 e. The molecule has 7 heteroatoms. The maximum atomic E-state index is 13.5. The Morgan fingerprint density at radius 2 is 1.76 bits per heavy atom. The van der Waals surface area contributed by atoms with Gasteiger partial charge in [0.1, 0.15) is 6.10 Å². The summed E-state index contributed by atoms with van der Waals surface area (Å²) >= 11 is 0. The lowest BCUT2D eigenvalue weighted by Crippen LogP contribution is -2.37. The largest absolute Gasteiger partial charge is 0.365 e. The molecule has 1 aliphatic heterocycles. The van der Waals surface area contributed by atoms with Crippen LogP contribution in [0.25, 0.3) is 33.1 Å². The fraction of sp³-hybridized carbons (Fsp3) is 0.231. The second-order valence-electron chi connectivity index (χ2n) is 8.72. The molecule has 33 heavy (non-hydrogen) atoms. The highest BCUT2D eigenvalue weighted by atomic mass is 16.5. The van der Waals surface area contributed by atoms with Crippen LogP contribution < -0.4 is 11.2 Å². The summed E-state index contributed by atoms with van der Waals surface area (Å²) in [4.78, 5) is 29.8. The second-order valence-corrected chi connectivity index (χ2v) is 8.72. The second kappa shape index (κ2) is 7.08. The van der Waals surface area contributed by atoms with E-state index in [1.165, 1.54) is 11.6 Å². The number of para-hydroxylation sites is 1. The Labute approximate surface area is 189 Å². The Balaban J connectivity index is 1.76. The number of rotatable bonds is 2. The Kier molecular flexibility index (Phi) is 4.25. The number of benzene rings is 2. The number of aromatic nitrogens is 4. The van der Waals surface area contributed by atoms with Crippen LogP contribution in [0.15, 0.2) is 64.3 Å². The first kappa shape index (κ1) is 19.8. The summed E-state index contributed by atoms with van der Waals surface area (Å²) in [5.41, 5.74) is 5.79. The first-order valence-corrected chi connectivity index (χ1v) is 11.0. The lowest BCUT2D eigenvalue weighted by atomic mass is 10.0. The minimum absolute atomic E-state index is 0.289. The molecule has 6 rings (SSSR count). The number of aromatic amines is 1. The Morgan fingerprint density at radius 1 is 1.00 bits per heavy atom. The highest BCUT2D eigenvalue weighted by molar-refractivity contribution is 5.97. The number of nitrogens with zero attached hydrogens (tertiary/aromatic N) is 3. The first-order chi connectivity index (χ1) is 16.0. The van der Waals surface area contributed by atoms with Crippen LogP contribution in [-0.2, 0) is 25.4 Å². The molecule has 7 nitrogen and oxygen atoms in total. The molecule has 0 aliphatic carbocycles. The molecule has 0 spiro atoms. The van der Waals surface area contributed by atoms with Gasteiger partial charge < -0.3 is 14.3 Å². The fourth-order valence-corrected chi connectivity index (χ4v) is 5.14. The average molecular weight is 441 g/mol. The Hall–Kier alpha value is -3.84. The molecule has 3 aromatic heterocycles. The zero-order chi connectivity index (χ0) is 22.9. The van der Waals surface area contributed by atoms with Gasteiger partial charge in [-0.3, -0.25) is 13.9 Å². The van der Waals surface area contributed by atoms with Gasteiger partial charge >= 0.3 is 5.69 Å². The summed E-state index contributed by atoms with van der Waals surface area (Å²) in [6, 6.07) is 16.3. The van der Waals surface area contributed by atoms with Crippen molar-refractivity contribution in [3.63, 3.8) is 0 Å². The molecule has 5 aromatic rings.